The van der Waals surface area contributed by atoms with E-state index in [1.165, 1.54) is 12.8 Å². The van der Waals surface area contributed by atoms with Crippen molar-refractivity contribution in [2.24, 2.45) is 5.92 Å². The molecule has 0 aromatic heterocycles. The first-order valence-corrected chi connectivity index (χ1v) is 6.18. The first kappa shape index (κ1) is 12.0. The van der Waals surface area contributed by atoms with E-state index in [2.05, 4.69) is 18.7 Å². The Kier molecular flexibility index (Phi) is 3.36. The lowest BCUT2D eigenvalue weighted by atomic mass is 10.1. The maximum atomic E-state index is 11.0. The quantitative estimate of drug-likeness (QED) is 0.849. The summed E-state index contributed by atoms with van der Waals surface area (Å²) >= 11 is 0. The van der Waals surface area contributed by atoms with Crippen LogP contribution < -0.4 is 4.90 Å². The van der Waals surface area contributed by atoms with Crippen LogP contribution in [0.2, 0.25) is 0 Å². The van der Waals surface area contributed by atoms with Gasteiger partial charge >= 0.3 is 5.97 Å². The number of aromatic carboxylic acids is 1. The lowest BCUT2D eigenvalue weighted by Gasteiger charge is -2.26. The van der Waals surface area contributed by atoms with Crippen LogP contribution in [-0.2, 0) is 0 Å². The molecule has 0 radical (unpaired) electrons. The van der Waals surface area contributed by atoms with Crippen molar-refractivity contribution in [2.75, 3.05) is 11.4 Å². The van der Waals surface area contributed by atoms with Crippen LogP contribution in [-0.4, -0.2) is 23.7 Å². The number of carbonyl (C=O) groups is 1. The van der Waals surface area contributed by atoms with E-state index in [1.54, 1.807) is 12.1 Å². The molecule has 2 rings (SSSR count). The highest BCUT2D eigenvalue weighted by atomic mass is 16.4. The molecule has 1 aromatic carbocycles. The Labute approximate surface area is 102 Å². The van der Waals surface area contributed by atoms with Gasteiger partial charge in [0.25, 0.3) is 0 Å². The van der Waals surface area contributed by atoms with E-state index >= 15 is 0 Å². The van der Waals surface area contributed by atoms with Gasteiger partial charge in [0, 0.05) is 18.3 Å². The summed E-state index contributed by atoms with van der Waals surface area (Å²) in [5.74, 6) is -0.267. The summed E-state index contributed by atoms with van der Waals surface area (Å²) in [5, 5.41) is 9.01. The Morgan fingerprint density at radius 1 is 1.47 bits per heavy atom. The second kappa shape index (κ2) is 4.78. The summed E-state index contributed by atoms with van der Waals surface area (Å²) in [7, 11) is 0. The number of benzene rings is 1. The molecule has 17 heavy (non-hydrogen) atoms. The third-order valence-electron chi connectivity index (χ3n) is 2.97. The molecule has 1 aliphatic carbocycles. The van der Waals surface area contributed by atoms with Crippen molar-refractivity contribution in [2.45, 2.75) is 32.7 Å². The van der Waals surface area contributed by atoms with Gasteiger partial charge in [-0.05, 0) is 37.0 Å². The van der Waals surface area contributed by atoms with Crippen LogP contribution in [0.3, 0.4) is 0 Å². The zero-order chi connectivity index (χ0) is 12.4. The largest absolute Gasteiger partial charge is 0.478 e. The van der Waals surface area contributed by atoms with Gasteiger partial charge in [-0.1, -0.05) is 19.9 Å². The molecule has 0 unspecified atom stereocenters. The van der Waals surface area contributed by atoms with Crippen LogP contribution >= 0.6 is 0 Å². The number of hydrogen-bond acceptors (Lipinski definition) is 2. The van der Waals surface area contributed by atoms with Gasteiger partial charge in [0.2, 0.25) is 0 Å². The molecule has 0 heterocycles. The Bertz CT molecular complexity index is 410. The van der Waals surface area contributed by atoms with Gasteiger partial charge in [-0.2, -0.15) is 0 Å². The Balaban J connectivity index is 2.22. The van der Waals surface area contributed by atoms with Gasteiger partial charge in [-0.15, -0.1) is 0 Å². The van der Waals surface area contributed by atoms with Gasteiger partial charge in [0.1, 0.15) is 0 Å². The van der Waals surface area contributed by atoms with Crippen LogP contribution in [0.25, 0.3) is 0 Å². The topological polar surface area (TPSA) is 40.5 Å². The Hall–Kier alpha value is -1.51. The SMILES string of the molecule is CC(C)CN(c1cccc(C(=O)O)c1)C1CC1. The third kappa shape index (κ3) is 2.99. The molecule has 1 N–H and O–H groups in total. The van der Waals surface area contributed by atoms with E-state index in [-0.39, 0.29) is 0 Å². The minimum atomic E-state index is -0.854. The fourth-order valence-electron chi connectivity index (χ4n) is 2.06. The molecule has 1 fully saturated rings. The van der Waals surface area contributed by atoms with Crippen molar-refractivity contribution in [1.82, 2.24) is 0 Å². The van der Waals surface area contributed by atoms with E-state index < -0.39 is 5.97 Å². The maximum Gasteiger partial charge on any atom is 0.335 e. The number of carboxylic acid groups (broad SMARTS) is 1. The third-order valence-corrected chi connectivity index (χ3v) is 2.97. The second-order valence-corrected chi connectivity index (χ2v) is 5.13. The molecule has 1 saturated carbocycles. The standard InChI is InChI=1S/C14H19NO2/c1-10(2)9-15(12-6-7-12)13-5-3-4-11(8-13)14(16)17/h3-5,8,10,12H,6-7,9H2,1-2H3,(H,16,17). The Morgan fingerprint density at radius 2 is 2.18 bits per heavy atom. The van der Waals surface area contributed by atoms with Crippen molar-refractivity contribution >= 4 is 11.7 Å². The van der Waals surface area contributed by atoms with Crippen LogP contribution in [0.15, 0.2) is 24.3 Å². The highest BCUT2D eigenvalue weighted by Crippen LogP contribution is 2.32. The zero-order valence-electron chi connectivity index (χ0n) is 10.4. The summed E-state index contributed by atoms with van der Waals surface area (Å²) in [5.41, 5.74) is 1.41. The first-order chi connectivity index (χ1) is 8.08. The fourth-order valence-corrected chi connectivity index (χ4v) is 2.06. The summed E-state index contributed by atoms with van der Waals surface area (Å²) in [4.78, 5) is 13.3. The fraction of sp³-hybridized carbons (Fsp3) is 0.500. The minimum Gasteiger partial charge on any atom is -0.478 e. The van der Waals surface area contributed by atoms with Gasteiger partial charge in [-0.3, -0.25) is 0 Å². The minimum absolute atomic E-state index is 0.372. The monoisotopic (exact) mass is 233 g/mol. The molecule has 92 valence electrons. The van der Waals surface area contributed by atoms with Crippen molar-refractivity contribution in [1.29, 1.82) is 0 Å². The molecular formula is C14H19NO2. The van der Waals surface area contributed by atoms with Gasteiger partial charge < -0.3 is 10.0 Å². The van der Waals surface area contributed by atoms with Crippen LogP contribution in [0, 0.1) is 5.92 Å². The van der Waals surface area contributed by atoms with Crippen LogP contribution in [0.4, 0.5) is 5.69 Å². The molecule has 1 aromatic rings. The number of nitrogens with zero attached hydrogens (tertiary/aromatic N) is 1. The number of hydrogen-bond donors (Lipinski definition) is 1. The van der Waals surface area contributed by atoms with Gasteiger partial charge in [-0.25, -0.2) is 4.79 Å². The number of anilines is 1. The van der Waals surface area contributed by atoms with Crippen molar-refractivity contribution < 1.29 is 9.90 Å². The maximum absolute atomic E-state index is 11.0. The lowest BCUT2D eigenvalue weighted by Crippen LogP contribution is -2.29. The summed E-state index contributed by atoms with van der Waals surface area (Å²) in [6.07, 6.45) is 2.45. The van der Waals surface area contributed by atoms with E-state index in [0.29, 0.717) is 17.5 Å². The molecule has 1 aliphatic rings. The molecule has 0 bridgehead atoms. The summed E-state index contributed by atoms with van der Waals surface area (Å²) in [6.45, 7) is 5.38. The molecule has 0 atom stereocenters. The van der Waals surface area contributed by atoms with E-state index in [9.17, 15) is 4.79 Å². The normalized spacial score (nSPS) is 15.0. The van der Waals surface area contributed by atoms with E-state index in [0.717, 1.165) is 12.2 Å². The molecule has 0 spiro atoms. The summed E-state index contributed by atoms with van der Waals surface area (Å²) in [6, 6.07) is 7.87. The van der Waals surface area contributed by atoms with Crippen molar-refractivity contribution in [3.05, 3.63) is 29.8 Å². The molecule has 0 aliphatic heterocycles. The van der Waals surface area contributed by atoms with E-state index in [1.807, 2.05) is 12.1 Å². The van der Waals surface area contributed by atoms with Crippen LogP contribution in [0.5, 0.6) is 0 Å². The van der Waals surface area contributed by atoms with Gasteiger partial charge in [0.15, 0.2) is 0 Å². The molecule has 0 saturated heterocycles. The van der Waals surface area contributed by atoms with Crippen molar-refractivity contribution in [3.8, 4) is 0 Å². The summed E-state index contributed by atoms with van der Waals surface area (Å²) < 4.78 is 0. The number of carboxylic acids is 1. The zero-order valence-corrected chi connectivity index (χ0v) is 10.4. The average molecular weight is 233 g/mol. The van der Waals surface area contributed by atoms with Crippen molar-refractivity contribution in [3.63, 3.8) is 0 Å². The average Bonchev–Trinajstić information content (AvgIpc) is 3.09. The molecule has 0 amide bonds. The smallest absolute Gasteiger partial charge is 0.335 e. The van der Waals surface area contributed by atoms with Crippen LogP contribution in [0.1, 0.15) is 37.0 Å². The van der Waals surface area contributed by atoms with E-state index in [4.69, 9.17) is 5.11 Å². The predicted molar refractivity (Wildman–Crippen MR) is 68.6 cm³/mol. The molecule has 3 nitrogen and oxygen atoms in total. The highest BCUT2D eigenvalue weighted by Gasteiger charge is 2.29. The highest BCUT2D eigenvalue weighted by molar-refractivity contribution is 5.88. The first-order valence-electron chi connectivity index (χ1n) is 6.18. The molecule has 3 heteroatoms. The molecular weight excluding hydrogens is 214 g/mol. The second-order valence-electron chi connectivity index (χ2n) is 5.13. The predicted octanol–water partition coefficient (Wildman–Crippen LogP) is 3.01. The number of rotatable bonds is 5. The van der Waals surface area contributed by atoms with Gasteiger partial charge in [0.05, 0.1) is 5.56 Å². The lowest BCUT2D eigenvalue weighted by molar-refractivity contribution is 0.0697. The Morgan fingerprint density at radius 3 is 2.71 bits per heavy atom.